The third-order valence-electron chi connectivity index (χ3n) is 3.68. The topological polar surface area (TPSA) is 67.4 Å². The van der Waals surface area contributed by atoms with Gasteiger partial charge in [0.2, 0.25) is 11.8 Å². The van der Waals surface area contributed by atoms with E-state index < -0.39 is 0 Å². The van der Waals surface area contributed by atoms with E-state index in [0.29, 0.717) is 6.54 Å². The van der Waals surface area contributed by atoms with E-state index in [0.717, 1.165) is 24.4 Å². The van der Waals surface area contributed by atoms with E-state index in [1.807, 2.05) is 24.3 Å². The van der Waals surface area contributed by atoms with Gasteiger partial charge in [0.25, 0.3) is 0 Å². The van der Waals surface area contributed by atoms with Crippen molar-refractivity contribution in [2.45, 2.75) is 32.6 Å². The Labute approximate surface area is 131 Å². The zero-order valence-electron chi connectivity index (χ0n) is 13.1. The van der Waals surface area contributed by atoms with Crippen molar-refractivity contribution >= 4 is 17.5 Å². The van der Waals surface area contributed by atoms with Crippen LogP contribution >= 0.6 is 0 Å². The van der Waals surface area contributed by atoms with Gasteiger partial charge >= 0.3 is 0 Å². The Bertz CT molecular complexity index is 495. The van der Waals surface area contributed by atoms with E-state index in [1.165, 1.54) is 18.4 Å². The van der Waals surface area contributed by atoms with Gasteiger partial charge in [-0.3, -0.25) is 9.59 Å². The molecule has 2 rings (SSSR count). The lowest BCUT2D eigenvalue weighted by molar-refractivity contribution is -0.128. The van der Waals surface area contributed by atoms with Gasteiger partial charge in [0.05, 0.1) is 0 Å². The van der Waals surface area contributed by atoms with Crippen LogP contribution in [0.5, 0.6) is 0 Å². The van der Waals surface area contributed by atoms with E-state index in [-0.39, 0.29) is 25.0 Å². The van der Waals surface area contributed by atoms with Crippen molar-refractivity contribution in [1.29, 1.82) is 0 Å². The molecule has 1 aliphatic carbocycles. The minimum absolute atomic E-state index is 0.0765. The van der Waals surface area contributed by atoms with Crippen LogP contribution in [0.25, 0.3) is 0 Å². The lowest BCUT2D eigenvalue weighted by atomic mass is 10.1. The van der Waals surface area contributed by atoms with Crippen molar-refractivity contribution < 1.29 is 14.3 Å². The lowest BCUT2D eigenvalue weighted by Crippen LogP contribution is -2.30. The zero-order valence-corrected chi connectivity index (χ0v) is 13.1. The van der Waals surface area contributed by atoms with E-state index in [1.54, 1.807) is 0 Å². The summed E-state index contributed by atoms with van der Waals surface area (Å²) in [5.74, 6) is 0.377. The van der Waals surface area contributed by atoms with Gasteiger partial charge in [-0.1, -0.05) is 31.9 Å². The number of carbonyl (C=O) groups excluding carboxylic acids is 2. The fourth-order valence-corrected chi connectivity index (χ4v) is 2.13. The van der Waals surface area contributed by atoms with Crippen LogP contribution in [0, 0.1) is 5.92 Å². The number of carbonyl (C=O) groups is 2. The number of hydrogen-bond acceptors (Lipinski definition) is 3. The summed E-state index contributed by atoms with van der Waals surface area (Å²) < 4.78 is 5.12. The summed E-state index contributed by atoms with van der Waals surface area (Å²) in [4.78, 5) is 23.2. The molecule has 1 fully saturated rings. The van der Waals surface area contributed by atoms with Gasteiger partial charge in [-0.2, -0.15) is 0 Å². The van der Waals surface area contributed by atoms with E-state index >= 15 is 0 Å². The summed E-state index contributed by atoms with van der Waals surface area (Å²) in [6, 6.07) is 7.68. The SMILES string of the molecule is CCc1ccc(NC(=O)COCC(=O)NCCC2CC2)cc1. The van der Waals surface area contributed by atoms with Crippen molar-refractivity contribution in [3.8, 4) is 0 Å². The first-order valence-corrected chi connectivity index (χ1v) is 7.90. The maximum Gasteiger partial charge on any atom is 0.250 e. The highest BCUT2D eigenvalue weighted by atomic mass is 16.5. The van der Waals surface area contributed by atoms with Gasteiger partial charge in [0.1, 0.15) is 13.2 Å². The largest absolute Gasteiger partial charge is 0.362 e. The number of benzene rings is 1. The molecular formula is C17H24N2O3. The Morgan fingerprint density at radius 2 is 1.82 bits per heavy atom. The molecule has 0 aliphatic heterocycles. The second-order valence-electron chi connectivity index (χ2n) is 5.67. The maximum absolute atomic E-state index is 11.7. The highest BCUT2D eigenvalue weighted by molar-refractivity contribution is 5.91. The average Bonchev–Trinajstić information content (AvgIpc) is 3.32. The lowest BCUT2D eigenvalue weighted by Gasteiger charge is -2.07. The molecule has 1 aliphatic rings. The second kappa shape index (κ2) is 8.54. The van der Waals surface area contributed by atoms with Crippen LogP contribution in [-0.2, 0) is 20.7 Å². The average molecular weight is 304 g/mol. The monoisotopic (exact) mass is 304 g/mol. The van der Waals surface area contributed by atoms with Crippen LogP contribution in [0.4, 0.5) is 5.69 Å². The van der Waals surface area contributed by atoms with Crippen LogP contribution in [0.15, 0.2) is 24.3 Å². The van der Waals surface area contributed by atoms with Gasteiger partial charge < -0.3 is 15.4 Å². The number of ether oxygens (including phenoxy) is 1. The number of amides is 2. The molecule has 22 heavy (non-hydrogen) atoms. The molecule has 0 radical (unpaired) electrons. The summed E-state index contributed by atoms with van der Waals surface area (Å²) in [5.41, 5.74) is 1.96. The van der Waals surface area contributed by atoms with Crippen LogP contribution in [0.3, 0.4) is 0 Å². The van der Waals surface area contributed by atoms with Crippen molar-refractivity contribution in [3.05, 3.63) is 29.8 Å². The number of anilines is 1. The third kappa shape index (κ3) is 6.26. The molecule has 0 aromatic heterocycles. The van der Waals surface area contributed by atoms with Crippen molar-refractivity contribution in [1.82, 2.24) is 5.32 Å². The van der Waals surface area contributed by atoms with Crippen molar-refractivity contribution in [2.75, 3.05) is 25.1 Å². The molecule has 5 heteroatoms. The zero-order chi connectivity index (χ0) is 15.8. The van der Waals surface area contributed by atoms with Crippen LogP contribution in [0.2, 0.25) is 0 Å². The molecule has 0 saturated heterocycles. The van der Waals surface area contributed by atoms with Gasteiger partial charge in [0, 0.05) is 12.2 Å². The Balaban J connectivity index is 1.56. The quantitative estimate of drug-likeness (QED) is 0.734. The number of aryl methyl sites for hydroxylation is 1. The molecule has 2 amide bonds. The summed E-state index contributed by atoms with van der Waals surface area (Å²) in [7, 11) is 0. The predicted octanol–water partition coefficient (Wildman–Crippen LogP) is 2.12. The summed E-state index contributed by atoms with van der Waals surface area (Å²) in [5, 5.41) is 5.53. The predicted molar refractivity (Wildman–Crippen MR) is 85.6 cm³/mol. The van der Waals surface area contributed by atoms with Gasteiger partial charge in [-0.15, -0.1) is 0 Å². The Kier molecular flexibility index (Phi) is 6.40. The smallest absolute Gasteiger partial charge is 0.250 e. The minimum Gasteiger partial charge on any atom is -0.362 e. The molecule has 5 nitrogen and oxygen atoms in total. The molecule has 1 saturated carbocycles. The van der Waals surface area contributed by atoms with E-state index in [4.69, 9.17) is 4.74 Å². The highest BCUT2D eigenvalue weighted by Crippen LogP contribution is 2.31. The molecule has 1 aromatic rings. The first kappa shape index (κ1) is 16.5. The van der Waals surface area contributed by atoms with E-state index in [9.17, 15) is 9.59 Å². The molecule has 0 unspecified atom stereocenters. The molecule has 120 valence electrons. The van der Waals surface area contributed by atoms with Crippen LogP contribution in [0.1, 0.15) is 31.7 Å². The first-order chi connectivity index (χ1) is 10.7. The van der Waals surface area contributed by atoms with Gasteiger partial charge in [-0.05, 0) is 36.5 Å². The Morgan fingerprint density at radius 1 is 1.14 bits per heavy atom. The molecule has 0 bridgehead atoms. The number of hydrogen-bond donors (Lipinski definition) is 2. The minimum atomic E-state index is -0.255. The molecular weight excluding hydrogens is 280 g/mol. The normalized spacial score (nSPS) is 13.7. The standard InChI is InChI=1S/C17H24N2O3/c1-2-13-5-7-15(8-6-13)19-17(21)12-22-11-16(20)18-10-9-14-3-4-14/h5-8,14H,2-4,9-12H2,1H3,(H,18,20)(H,19,21). The van der Waals surface area contributed by atoms with Crippen molar-refractivity contribution in [3.63, 3.8) is 0 Å². The number of nitrogens with one attached hydrogen (secondary N) is 2. The summed E-state index contributed by atoms with van der Waals surface area (Å²) in [6.07, 6.45) is 4.57. The summed E-state index contributed by atoms with van der Waals surface area (Å²) >= 11 is 0. The summed E-state index contributed by atoms with van der Waals surface area (Å²) in [6.45, 7) is 2.58. The van der Waals surface area contributed by atoms with Crippen LogP contribution in [-0.4, -0.2) is 31.6 Å². The highest BCUT2D eigenvalue weighted by Gasteiger charge is 2.20. The van der Waals surface area contributed by atoms with Crippen molar-refractivity contribution in [2.24, 2.45) is 5.92 Å². The van der Waals surface area contributed by atoms with Gasteiger partial charge in [-0.25, -0.2) is 0 Å². The fraction of sp³-hybridized carbons (Fsp3) is 0.529. The van der Waals surface area contributed by atoms with Crippen LogP contribution < -0.4 is 10.6 Å². The number of rotatable bonds is 9. The van der Waals surface area contributed by atoms with Gasteiger partial charge in [0.15, 0.2) is 0 Å². The maximum atomic E-state index is 11.7. The molecule has 0 atom stereocenters. The molecule has 2 N–H and O–H groups in total. The van der Waals surface area contributed by atoms with E-state index in [2.05, 4.69) is 17.6 Å². The molecule has 1 aromatic carbocycles. The molecule has 0 spiro atoms. The Hall–Kier alpha value is -1.88. The first-order valence-electron chi connectivity index (χ1n) is 7.90. The molecule has 0 heterocycles. The third-order valence-corrected chi connectivity index (χ3v) is 3.68. The Morgan fingerprint density at radius 3 is 2.45 bits per heavy atom. The fourth-order valence-electron chi connectivity index (χ4n) is 2.13. The second-order valence-corrected chi connectivity index (χ2v) is 5.67.